The summed E-state index contributed by atoms with van der Waals surface area (Å²) < 4.78 is 12.4. The predicted molar refractivity (Wildman–Crippen MR) is 89.5 cm³/mol. The second-order valence-corrected chi connectivity index (χ2v) is 5.37. The maximum Gasteiger partial charge on any atom is 0.260 e. The van der Waals surface area contributed by atoms with Crippen LogP contribution >= 0.6 is 0 Å². The van der Waals surface area contributed by atoms with Crippen molar-refractivity contribution < 1.29 is 13.9 Å². The zero-order chi connectivity index (χ0) is 16.8. The first-order valence-corrected chi connectivity index (χ1v) is 7.77. The van der Waals surface area contributed by atoms with Gasteiger partial charge >= 0.3 is 0 Å². The van der Waals surface area contributed by atoms with Gasteiger partial charge in [-0.15, -0.1) is 0 Å². The first kappa shape index (κ1) is 15.9. The van der Waals surface area contributed by atoms with Crippen LogP contribution in [0.25, 0.3) is 11.1 Å². The molecule has 3 rings (SSSR count). The number of nitrogens with zero attached hydrogens (tertiary/aromatic N) is 2. The molecule has 0 saturated heterocycles. The minimum Gasteiger partial charge on any atom is -0.481 e. The maximum absolute atomic E-state index is 12.1. The molecule has 6 nitrogen and oxygen atoms in total. The standard InChI is InChI=1S/C18H19N3O3/c1-14(24-17-5-3-2-4-6-17)18(22)19-8-9-21-12-16(11-20-21)15-7-10-23-13-15/h2-7,10-14H,8-9H2,1H3,(H,19,22)/t14-/m0/s1. The van der Waals surface area contributed by atoms with Gasteiger partial charge < -0.3 is 14.5 Å². The average molecular weight is 325 g/mol. The largest absolute Gasteiger partial charge is 0.481 e. The van der Waals surface area contributed by atoms with E-state index in [2.05, 4.69) is 10.4 Å². The van der Waals surface area contributed by atoms with Gasteiger partial charge in [-0.05, 0) is 25.1 Å². The van der Waals surface area contributed by atoms with Crippen LogP contribution in [0, 0.1) is 0 Å². The lowest BCUT2D eigenvalue weighted by Crippen LogP contribution is -2.37. The van der Waals surface area contributed by atoms with Crippen LogP contribution in [-0.4, -0.2) is 28.3 Å². The van der Waals surface area contributed by atoms with Gasteiger partial charge in [0.05, 0.1) is 25.3 Å². The molecule has 0 fully saturated rings. The maximum atomic E-state index is 12.1. The van der Waals surface area contributed by atoms with E-state index < -0.39 is 6.10 Å². The van der Waals surface area contributed by atoms with Gasteiger partial charge in [-0.25, -0.2) is 0 Å². The van der Waals surface area contributed by atoms with Crippen molar-refractivity contribution in [1.82, 2.24) is 15.1 Å². The second-order valence-electron chi connectivity index (χ2n) is 5.37. The Morgan fingerprint density at radius 2 is 2.12 bits per heavy atom. The number of benzene rings is 1. The lowest BCUT2D eigenvalue weighted by atomic mass is 10.2. The van der Waals surface area contributed by atoms with E-state index in [0.717, 1.165) is 11.1 Å². The molecule has 2 heterocycles. The summed E-state index contributed by atoms with van der Waals surface area (Å²) in [5, 5.41) is 7.13. The predicted octanol–water partition coefficient (Wildman–Crippen LogP) is 2.73. The van der Waals surface area contributed by atoms with Gasteiger partial charge in [-0.3, -0.25) is 9.48 Å². The number of amides is 1. The van der Waals surface area contributed by atoms with Crippen molar-refractivity contribution in [3.8, 4) is 16.9 Å². The Hall–Kier alpha value is -3.02. The number of ether oxygens (including phenoxy) is 1. The highest BCUT2D eigenvalue weighted by molar-refractivity contribution is 5.80. The van der Waals surface area contributed by atoms with E-state index in [9.17, 15) is 4.79 Å². The monoisotopic (exact) mass is 325 g/mol. The van der Waals surface area contributed by atoms with Crippen molar-refractivity contribution >= 4 is 5.91 Å². The molecule has 0 aliphatic heterocycles. The summed E-state index contributed by atoms with van der Waals surface area (Å²) in [5.74, 6) is 0.526. The van der Waals surface area contributed by atoms with E-state index in [-0.39, 0.29) is 5.91 Å². The summed E-state index contributed by atoms with van der Waals surface area (Å²) in [5.41, 5.74) is 1.96. The summed E-state index contributed by atoms with van der Waals surface area (Å²) in [7, 11) is 0. The Morgan fingerprint density at radius 1 is 1.29 bits per heavy atom. The number of rotatable bonds is 7. The van der Waals surface area contributed by atoms with Crippen molar-refractivity contribution in [1.29, 1.82) is 0 Å². The van der Waals surface area contributed by atoms with E-state index in [1.807, 2.05) is 42.6 Å². The summed E-state index contributed by atoms with van der Waals surface area (Å²) in [6.45, 7) is 2.79. The SMILES string of the molecule is C[C@H](Oc1ccccc1)C(=O)NCCn1cc(-c2ccoc2)cn1. The van der Waals surface area contributed by atoms with Gasteiger partial charge in [0.25, 0.3) is 5.91 Å². The van der Waals surface area contributed by atoms with Gasteiger partial charge in [0, 0.05) is 23.9 Å². The van der Waals surface area contributed by atoms with Crippen LogP contribution in [-0.2, 0) is 11.3 Å². The summed E-state index contributed by atoms with van der Waals surface area (Å²) in [4.78, 5) is 12.1. The fourth-order valence-corrected chi connectivity index (χ4v) is 2.26. The van der Waals surface area contributed by atoms with Crippen LogP contribution in [0.5, 0.6) is 5.75 Å². The number of hydrogen-bond donors (Lipinski definition) is 1. The first-order valence-electron chi connectivity index (χ1n) is 7.77. The zero-order valence-corrected chi connectivity index (χ0v) is 13.4. The molecule has 0 aliphatic rings. The Morgan fingerprint density at radius 3 is 2.88 bits per heavy atom. The molecule has 0 saturated carbocycles. The van der Waals surface area contributed by atoms with Crippen LogP contribution < -0.4 is 10.1 Å². The highest BCUT2D eigenvalue weighted by atomic mass is 16.5. The molecule has 0 unspecified atom stereocenters. The zero-order valence-electron chi connectivity index (χ0n) is 13.4. The Labute approximate surface area is 140 Å². The van der Waals surface area contributed by atoms with Crippen LogP contribution in [0.4, 0.5) is 0 Å². The second kappa shape index (κ2) is 7.50. The smallest absolute Gasteiger partial charge is 0.260 e. The third kappa shape index (κ3) is 4.04. The molecule has 1 N–H and O–H groups in total. The molecule has 1 aromatic carbocycles. The van der Waals surface area contributed by atoms with E-state index in [1.165, 1.54) is 0 Å². The fourth-order valence-electron chi connectivity index (χ4n) is 2.26. The minimum atomic E-state index is -0.550. The number of aromatic nitrogens is 2. The number of carbonyl (C=O) groups excluding carboxylic acids is 1. The van der Waals surface area contributed by atoms with Crippen LogP contribution in [0.1, 0.15) is 6.92 Å². The number of nitrogens with one attached hydrogen (secondary N) is 1. The quantitative estimate of drug-likeness (QED) is 0.725. The van der Waals surface area contributed by atoms with Gasteiger partial charge in [0.1, 0.15) is 5.75 Å². The Balaban J connectivity index is 1.45. The molecule has 0 spiro atoms. The average Bonchev–Trinajstić information content (AvgIpc) is 3.27. The van der Waals surface area contributed by atoms with Gasteiger partial charge in [-0.2, -0.15) is 5.10 Å². The molecule has 1 amide bonds. The Bertz CT molecular complexity index is 766. The molecule has 0 aliphatic carbocycles. The number of hydrogen-bond acceptors (Lipinski definition) is 4. The molecule has 2 aromatic heterocycles. The number of carbonyl (C=O) groups is 1. The fraction of sp³-hybridized carbons (Fsp3) is 0.222. The van der Waals surface area contributed by atoms with Gasteiger partial charge in [0.15, 0.2) is 6.10 Å². The lowest BCUT2D eigenvalue weighted by Gasteiger charge is -2.14. The van der Waals surface area contributed by atoms with Crippen molar-refractivity contribution in [2.24, 2.45) is 0 Å². The molecule has 1 atom stereocenters. The van der Waals surface area contributed by atoms with E-state index in [4.69, 9.17) is 9.15 Å². The van der Waals surface area contributed by atoms with Crippen LogP contribution in [0.2, 0.25) is 0 Å². The molecule has 0 bridgehead atoms. The minimum absolute atomic E-state index is 0.152. The summed E-state index contributed by atoms with van der Waals surface area (Å²) in [6.07, 6.45) is 6.44. The molecule has 6 heteroatoms. The van der Waals surface area contributed by atoms with Crippen LogP contribution in [0.3, 0.4) is 0 Å². The van der Waals surface area contributed by atoms with E-state index in [0.29, 0.717) is 18.8 Å². The molecule has 0 radical (unpaired) electrons. The third-order valence-corrected chi connectivity index (χ3v) is 3.55. The van der Waals surface area contributed by atoms with Crippen molar-refractivity contribution in [3.05, 3.63) is 61.3 Å². The van der Waals surface area contributed by atoms with E-state index >= 15 is 0 Å². The topological polar surface area (TPSA) is 69.3 Å². The van der Waals surface area contributed by atoms with Crippen molar-refractivity contribution in [2.45, 2.75) is 19.6 Å². The molecule has 124 valence electrons. The highest BCUT2D eigenvalue weighted by Gasteiger charge is 2.13. The normalized spacial score (nSPS) is 11.9. The van der Waals surface area contributed by atoms with Gasteiger partial charge in [0.2, 0.25) is 0 Å². The van der Waals surface area contributed by atoms with Crippen LogP contribution in [0.15, 0.2) is 65.7 Å². The first-order chi connectivity index (χ1) is 11.7. The third-order valence-electron chi connectivity index (χ3n) is 3.55. The lowest BCUT2D eigenvalue weighted by molar-refractivity contribution is -0.127. The summed E-state index contributed by atoms with van der Waals surface area (Å²) in [6, 6.07) is 11.2. The van der Waals surface area contributed by atoms with E-state index in [1.54, 1.807) is 30.3 Å². The number of furan rings is 1. The molecule has 24 heavy (non-hydrogen) atoms. The van der Waals surface area contributed by atoms with Crippen molar-refractivity contribution in [2.75, 3.05) is 6.54 Å². The Kier molecular flexibility index (Phi) is 4.96. The molecular weight excluding hydrogens is 306 g/mol. The highest BCUT2D eigenvalue weighted by Crippen LogP contribution is 2.18. The van der Waals surface area contributed by atoms with Gasteiger partial charge in [-0.1, -0.05) is 18.2 Å². The number of para-hydroxylation sites is 1. The summed E-state index contributed by atoms with van der Waals surface area (Å²) >= 11 is 0. The van der Waals surface area contributed by atoms with Crippen molar-refractivity contribution in [3.63, 3.8) is 0 Å². The molecule has 3 aromatic rings. The molecular formula is C18H19N3O3.